The first-order valence-corrected chi connectivity index (χ1v) is 14.3. The number of benzene rings is 2. The number of aliphatic hydroxyl groups is 1. The molecule has 0 unspecified atom stereocenters. The van der Waals surface area contributed by atoms with Crippen LogP contribution in [-0.4, -0.2) is 112 Å². The second kappa shape index (κ2) is 15.0. The highest BCUT2D eigenvalue weighted by Gasteiger charge is 2.31. The van der Waals surface area contributed by atoms with Gasteiger partial charge in [-0.1, -0.05) is 11.6 Å². The van der Waals surface area contributed by atoms with E-state index in [1.165, 1.54) is 55.3 Å². The number of aromatic nitrogens is 2. The van der Waals surface area contributed by atoms with E-state index in [1.807, 2.05) is 0 Å². The summed E-state index contributed by atoms with van der Waals surface area (Å²) in [6.45, 7) is 1.90. The molecule has 1 aromatic heterocycles. The van der Waals surface area contributed by atoms with Gasteiger partial charge in [0, 0.05) is 57.6 Å². The van der Waals surface area contributed by atoms with Crippen molar-refractivity contribution in [2.75, 3.05) is 51.7 Å². The summed E-state index contributed by atoms with van der Waals surface area (Å²) in [7, 11) is 2.72. The zero-order valence-corrected chi connectivity index (χ0v) is 25.6. The van der Waals surface area contributed by atoms with Crippen molar-refractivity contribution in [2.45, 2.75) is 12.1 Å². The van der Waals surface area contributed by atoms with E-state index in [0.29, 0.717) is 45.0 Å². The molecule has 2 aliphatic rings. The molecule has 2 saturated heterocycles. The molecule has 4 amide bonds. The first kappa shape index (κ1) is 34.1. The first-order chi connectivity index (χ1) is 22.0. The maximum absolute atomic E-state index is 14.6. The molecule has 2 fully saturated rings. The van der Waals surface area contributed by atoms with Crippen molar-refractivity contribution in [3.8, 4) is 17.0 Å². The molecule has 2 aliphatic heterocycles. The molecule has 17 heteroatoms. The van der Waals surface area contributed by atoms with Crippen LogP contribution in [-0.2, 0) is 11.8 Å². The molecule has 3 heterocycles. The molecule has 2 atom stereocenters. The summed E-state index contributed by atoms with van der Waals surface area (Å²) in [4.78, 5) is 54.3. The van der Waals surface area contributed by atoms with Gasteiger partial charge >= 0.3 is 6.03 Å². The summed E-state index contributed by atoms with van der Waals surface area (Å²) in [5.41, 5.74) is 0.607. The van der Waals surface area contributed by atoms with E-state index in [4.69, 9.17) is 26.2 Å². The van der Waals surface area contributed by atoms with Crippen LogP contribution in [0, 0.1) is 11.6 Å². The topological polar surface area (TPSA) is 178 Å². The van der Waals surface area contributed by atoms with Crippen molar-refractivity contribution in [3.05, 3.63) is 64.6 Å². The van der Waals surface area contributed by atoms with E-state index < -0.39 is 23.6 Å². The van der Waals surface area contributed by atoms with Gasteiger partial charge < -0.3 is 45.3 Å². The van der Waals surface area contributed by atoms with Gasteiger partial charge in [-0.15, -0.1) is 0 Å². The number of ether oxygens (including phenoxy) is 1. The number of hydrogen-bond acceptors (Lipinski definition) is 8. The van der Waals surface area contributed by atoms with Crippen molar-refractivity contribution in [3.63, 3.8) is 0 Å². The van der Waals surface area contributed by atoms with Gasteiger partial charge in [-0.2, -0.15) is 4.39 Å². The van der Waals surface area contributed by atoms with Gasteiger partial charge in [0.15, 0.2) is 17.4 Å². The molecule has 0 spiro atoms. The van der Waals surface area contributed by atoms with Crippen LogP contribution in [0.1, 0.15) is 21.0 Å². The lowest BCUT2D eigenvalue weighted by atomic mass is 10.1. The average Bonchev–Trinajstić information content (AvgIpc) is 3.63. The standard InChI is InChI=1S/C28H30ClF2N7O5.CH2O2/c1-36-20(17-5-6-22(43-2)24(31)23(17)30)13-33-25(36)26(40)34-15-3-4-16(18(29)11-15)27(41)37-7-9-38(10-8-37)28(42)35-19-12-32-14-21(19)39;2-1-3/h3-6,11,13,19,21,32,39H,7-10,12,14H2,1-2H3,(H,34,40)(H,35,42);1H,(H,2,3)/t19-,21-;/m1./s1. The van der Waals surface area contributed by atoms with E-state index in [-0.39, 0.29) is 57.9 Å². The fourth-order valence-electron chi connectivity index (χ4n) is 5.06. The minimum atomic E-state index is -1.15. The van der Waals surface area contributed by atoms with E-state index in [2.05, 4.69) is 20.9 Å². The van der Waals surface area contributed by atoms with E-state index in [9.17, 15) is 28.3 Å². The second-order valence-electron chi connectivity index (χ2n) is 10.3. The summed E-state index contributed by atoms with van der Waals surface area (Å²) in [6.07, 6.45) is 0.616. The Morgan fingerprint density at radius 3 is 2.37 bits per heavy atom. The van der Waals surface area contributed by atoms with Crippen LogP contribution < -0.4 is 20.7 Å². The molecule has 0 aliphatic carbocycles. The lowest BCUT2D eigenvalue weighted by molar-refractivity contribution is -0.122. The third-order valence-electron chi connectivity index (χ3n) is 7.54. The predicted octanol–water partition coefficient (Wildman–Crippen LogP) is 1.78. The van der Waals surface area contributed by atoms with E-state index >= 15 is 0 Å². The molecule has 5 rings (SSSR count). The molecule has 3 aromatic rings. The van der Waals surface area contributed by atoms with Crippen molar-refractivity contribution < 1.29 is 42.9 Å². The number of amides is 4. The number of nitrogens with one attached hydrogen (secondary N) is 3. The maximum Gasteiger partial charge on any atom is 0.317 e. The largest absolute Gasteiger partial charge is 0.494 e. The number of halogens is 3. The number of carbonyl (C=O) groups excluding carboxylic acids is 3. The Morgan fingerprint density at radius 2 is 1.76 bits per heavy atom. The molecule has 46 heavy (non-hydrogen) atoms. The third kappa shape index (κ3) is 7.35. The molecule has 14 nitrogen and oxygen atoms in total. The number of hydrogen-bond donors (Lipinski definition) is 5. The highest BCUT2D eigenvalue weighted by atomic mass is 35.5. The predicted molar refractivity (Wildman–Crippen MR) is 162 cm³/mol. The van der Waals surface area contributed by atoms with Crippen molar-refractivity contribution in [1.82, 2.24) is 30.0 Å². The number of carbonyl (C=O) groups is 4. The first-order valence-electron chi connectivity index (χ1n) is 14.0. The quantitative estimate of drug-likeness (QED) is 0.246. The van der Waals surface area contributed by atoms with Gasteiger partial charge in [0.25, 0.3) is 18.3 Å². The lowest BCUT2D eigenvalue weighted by Gasteiger charge is -2.35. The normalized spacial score (nSPS) is 17.5. The van der Waals surface area contributed by atoms with Crippen LogP contribution in [0.5, 0.6) is 5.75 Å². The second-order valence-corrected chi connectivity index (χ2v) is 10.7. The Labute approximate surface area is 266 Å². The van der Waals surface area contributed by atoms with Crippen LogP contribution >= 0.6 is 11.6 Å². The van der Waals surface area contributed by atoms with Crippen LogP contribution in [0.15, 0.2) is 36.5 Å². The Hall–Kier alpha value is -4.80. The number of nitrogens with zero attached hydrogens (tertiary/aromatic N) is 4. The molecule has 2 aromatic carbocycles. The molecule has 0 radical (unpaired) electrons. The van der Waals surface area contributed by atoms with Crippen LogP contribution in [0.3, 0.4) is 0 Å². The van der Waals surface area contributed by atoms with Gasteiger partial charge in [-0.3, -0.25) is 14.4 Å². The summed E-state index contributed by atoms with van der Waals surface area (Å²) < 4.78 is 35.0. The minimum absolute atomic E-state index is 0.0671. The number of rotatable bonds is 6. The number of β-amino-alcohol motifs (C(OH)–C–C–N with tert-alkyl or cyclic N) is 1. The highest BCUT2D eigenvalue weighted by Crippen LogP contribution is 2.30. The molecule has 0 bridgehead atoms. The highest BCUT2D eigenvalue weighted by molar-refractivity contribution is 6.34. The smallest absolute Gasteiger partial charge is 0.317 e. The molecular formula is C29H32ClF2N7O7. The van der Waals surface area contributed by atoms with Crippen molar-refractivity contribution in [1.29, 1.82) is 0 Å². The lowest BCUT2D eigenvalue weighted by Crippen LogP contribution is -2.56. The SMILES string of the molecule is COc1ccc(-c2cnc(C(=O)Nc3ccc(C(=O)N4CCN(C(=O)N[C@@H]5CNC[C@H]5O)CC4)c(Cl)c3)n2C)c(F)c1F.O=CO. The number of carboxylic acid groups (broad SMARTS) is 1. The van der Waals surface area contributed by atoms with Crippen LogP contribution in [0.25, 0.3) is 11.3 Å². The fraction of sp³-hybridized carbons (Fsp3) is 0.345. The van der Waals surface area contributed by atoms with Crippen molar-refractivity contribution in [2.24, 2.45) is 7.05 Å². The van der Waals surface area contributed by atoms with E-state index in [0.717, 1.165) is 0 Å². The molecule has 0 saturated carbocycles. The van der Waals surface area contributed by atoms with Gasteiger partial charge in [-0.25, -0.2) is 14.2 Å². The molecule has 5 N–H and O–H groups in total. The Morgan fingerprint density at radius 1 is 1.09 bits per heavy atom. The molecular weight excluding hydrogens is 632 g/mol. The minimum Gasteiger partial charge on any atom is -0.494 e. The number of imidazole rings is 1. The Balaban J connectivity index is 0.00000154. The summed E-state index contributed by atoms with van der Waals surface area (Å²) >= 11 is 6.42. The van der Waals surface area contributed by atoms with Gasteiger partial charge in [-0.05, 0) is 30.3 Å². The zero-order valence-electron chi connectivity index (χ0n) is 24.8. The van der Waals surface area contributed by atoms with Gasteiger partial charge in [0.05, 0.1) is 41.7 Å². The summed E-state index contributed by atoms with van der Waals surface area (Å²) in [6, 6.07) is 6.41. The summed E-state index contributed by atoms with van der Waals surface area (Å²) in [5.74, 6) is -3.55. The number of piperazine rings is 1. The fourth-order valence-corrected chi connectivity index (χ4v) is 5.32. The number of methoxy groups -OCH3 is 1. The van der Waals surface area contributed by atoms with Gasteiger partial charge in [0.2, 0.25) is 5.82 Å². The zero-order chi connectivity index (χ0) is 33.5. The third-order valence-corrected chi connectivity index (χ3v) is 7.85. The van der Waals surface area contributed by atoms with Crippen LogP contribution in [0.2, 0.25) is 5.02 Å². The summed E-state index contributed by atoms with van der Waals surface area (Å²) in [5, 5.41) is 25.4. The number of anilines is 1. The Kier molecular flexibility index (Phi) is 11.1. The van der Waals surface area contributed by atoms with Crippen LogP contribution in [0.4, 0.5) is 19.3 Å². The van der Waals surface area contributed by atoms with E-state index in [1.54, 1.807) is 9.80 Å². The number of aliphatic hydroxyl groups excluding tert-OH is 1. The molecule has 246 valence electrons. The van der Waals surface area contributed by atoms with Gasteiger partial charge in [0.1, 0.15) is 0 Å². The maximum atomic E-state index is 14.6. The average molecular weight is 664 g/mol. The number of urea groups is 1. The Bertz CT molecular complexity index is 1610. The van der Waals surface area contributed by atoms with Crippen molar-refractivity contribution >= 4 is 41.6 Å². The monoisotopic (exact) mass is 663 g/mol.